The summed E-state index contributed by atoms with van der Waals surface area (Å²) in [5, 5.41) is 0. The molecule has 0 aliphatic heterocycles. The van der Waals surface area contributed by atoms with Crippen molar-refractivity contribution < 1.29 is 9.59 Å². The molecule has 0 atom stereocenters. The molecule has 3 heteroatoms. The lowest BCUT2D eigenvalue weighted by Gasteiger charge is -1.71. The standard InChI is InChI=1S/C4H5NO2/c6-3-1-2-5-4-7/h3H,1-2H2. The molecule has 7 heavy (non-hydrogen) atoms. The molecule has 0 aliphatic carbocycles. The van der Waals surface area contributed by atoms with Crippen LogP contribution in [0.15, 0.2) is 4.99 Å². The van der Waals surface area contributed by atoms with Crippen LogP contribution in [0.4, 0.5) is 0 Å². The summed E-state index contributed by atoms with van der Waals surface area (Å²) in [6, 6.07) is 0. The number of carbonyl (C=O) groups is 1. The second kappa shape index (κ2) is 5.05. The molecule has 0 rings (SSSR count). The predicted molar refractivity (Wildman–Crippen MR) is 23.7 cm³/mol. The molecule has 0 aliphatic rings. The van der Waals surface area contributed by atoms with Crippen molar-refractivity contribution in [2.45, 2.75) is 6.42 Å². The number of rotatable bonds is 3. The topological polar surface area (TPSA) is 46.5 Å². The second-order valence-electron chi connectivity index (χ2n) is 0.928. The number of hydrogen-bond donors (Lipinski definition) is 0. The van der Waals surface area contributed by atoms with Gasteiger partial charge < -0.3 is 4.79 Å². The Hall–Kier alpha value is -0.950. The first kappa shape index (κ1) is 6.05. The Morgan fingerprint density at radius 3 is 2.86 bits per heavy atom. The first-order valence-corrected chi connectivity index (χ1v) is 1.89. The summed E-state index contributed by atoms with van der Waals surface area (Å²) in [6.07, 6.45) is 2.34. The lowest BCUT2D eigenvalue weighted by molar-refractivity contribution is -0.107. The largest absolute Gasteiger partial charge is 0.303 e. The molecular weight excluding hydrogens is 94.0 g/mol. The number of carbonyl (C=O) groups excluding carboxylic acids is 2. The third-order valence-electron chi connectivity index (χ3n) is 0.423. The van der Waals surface area contributed by atoms with Crippen LogP contribution in [0.2, 0.25) is 0 Å². The highest BCUT2D eigenvalue weighted by Crippen LogP contribution is 1.69. The van der Waals surface area contributed by atoms with E-state index >= 15 is 0 Å². The zero-order chi connectivity index (χ0) is 5.54. The van der Waals surface area contributed by atoms with E-state index in [-0.39, 0.29) is 6.54 Å². The smallest absolute Gasteiger partial charge is 0.234 e. The van der Waals surface area contributed by atoms with E-state index in [2.05, 4.69) is 4.99 Å². The highest BCUT2D eigenvalue weighted by Gasteiger charge is 1.74. The fraction of sp³-hybridized carbons (Fsp3) is 0.500. The summed E-state index contributed by atoms with van der Waals surface area (Å²) < 4.78 is 0. The maximum atomic E-state index is 9.49. The molecular formula is C4H5NO2. The van der Waals surface area contributed by atoms with Gasteiger partial charge in [-0.15, -0.1) is 0 Å². The van der Waals surface area contributed by atoms with E-state index in [0.717, 1.165) is 0 Å². The van der Waals surface area contributed by atoms with Crippen LogP contribution in [0.3, 0.4) is 0 Å². The Bertz CT molecular complexity index is 93.9. The minimum absolute atomic E-state index is 0.271. The van der Waals surface area contributed by atoms with Crippen LogP contribution in [0.1, 0.15) is 6.42 Å². The van der Waals surface area contributed by atoms with Gasteiger partial charge in [0.05, 0.1) is 6.54 Å². The van der Waals surface area contributed by atoms with Crippen molar-refractivity contribution >= 4 is 12.4 Å². The molecule has 0 radical (unpaired) electrons. The Kier molecular flexibility index (Phi) is 4.36. The van der Waals surface area contributed by atoms with E-state index in [0.29, 0.717) is 12.7 Å². The molecule has 0 heterocycles. The molecule has 0 unspecified atom stereocenters. The van der Waals surface area contributed by atoms with E-state index in [4.69, 9.17) is 0 Å². The summed E-state index contributed by atoms with van der Waals surface area (Å²) in [5.41, 5.74) is 0. The van der Waals surface area contributed by atoms with Crippen molar-refractivity contribution in [2.24, 2.45) is 4.99 Å². The SMILES string of the molecule is O=C=NCCC=O. The molecule has 0 aromatic heterocycles. The van der Waals surface area contributed by atoms with Crippen LogP contribution in [-0.2, 0) is 9.59 Å². The number of aliphatic imine (C=N–C) groups is 1. The maximum Gasteiger partial charge on any atom is 0.234 e. The fourth-order valence-corrected chi connectivity index (χ4v) is 0.163. The van der Waals surface area contributed by atoms with Crippen molar-refractivity contribution in [1.82, 2.24) is 0 Å². The van der Waals surface area contributed by atoms with Gasteiger partial charge in [-0.05, 0) is 0 Å². The summed E-state index contributed by atoms with van der Waals surface area (Å²) in [5.74, 6) is 0. The summed E-state index contributed by atoms with van der Waals surface area (Å²) in [4.78, 5) is 21.9. The average molecular weight is 99.1 g/mol. The fourth-order valence-electron chi connectivity index (χ4n) is 0.163. The molecule has 0 aromatic carbocycles. The predicted octanol–water partition coefficient (Wildman–Crippen LogP) is -0.0888. The van der Waals surface area contributed by atoms with Gasteiger partial charge in [0.2, 0.25) is 6.08 Å². The van der Waals surface area contributed by atoms with Crippen LogP contribution in [0.5, 0.6) is 0 Å². The van der Waals surface area contributed by atoms with Crippen LogP contribution < -0.4 is 0 Å². The number of aldehydes is 1. The van der Waals surface area contributed by atoms with Gasteiger partial charge in [-0.3, -0.25) is 0 Å². The molecule has 0 aromatic rings. The molecule has 0 saturated carbocycles. The normalized spacial score (nSPS) is 6.86. The van der Waals surface area contributed by atoms with Gasteiger partial charge in [0.25, 0.3) is 0 Å². The second-order valence-corrected chi connectivity index (χ2v) is 0.928. The molecule has 0 N–H and O–H groups in total. The Labute approximate surface area is 41.1 Å². The van der Waals surface area contributed by atoms with Crippen LogP contribution in [-0.4, -0.2) is 18.9 Å². The molecule has 3 nitrogen and oxygen atoms in total. The van der Waals surface area contributed by atoms with Gasteiger partial charge >= 0.3 is 0 Å². The van der Waals surface area contributed by atoms with Gasteiger partial charge in [-0.2, -0.15) is 0 Å². The van der Waals surface area contributed by atoms with Crippen LogP contribution in [0.25, 0.3) is 0 Å². The van der Waals surface area contributed by atoms with Crippen LogP contribution in [0, 0.1) is 0 Å². The molecule has 0 saturated heterocycles. The first-order valence-electron chi connectivity index (χ1n) is 1.89. The Morgan fingerprint density at radius 2 is 2.43 bits per heavy atom. The number of isocyanates is 1. The number of nitrogens with zero attached hydrogens (tertiary/aromatic N) is 1. The monoisotopic (exact) mass is 99.0 g/mol. The highest BCUT2D eigenvalue weighted by molar-refractivity contribution is 5.49. The van der Waals surface area contributed by atoms with E-state index < -0.39 is 0 Å². The lowest BCUT2D eigenvalue weighted by Crippen LogP contribution is -1.78. The maximum absolute atomic E-state index is 9.49. The molecule has 0 fully saturated rings. The Morgan fingerprint density at radius 1 is 1.71 bits per heavy atom. The van der Waals surface area contributed by atoms with E-state index in [1.165, 1.54) is 6.08 Å². The van der Waals surface area contributed by atoms with E-state index in [9.17, 15) is 9.59 Å². The van der Waals surface area contributed by atoms with Crippen molar-refractivity contribution in [3.8, 4) is 0 Å². The minimum atomic E-state index is 0.271. The summed E-state index contributed by atoms with van der Waals surface area (Å²) >= 11 is 0. The molecule has 0 spiro atoms. The van der Waals surface area contributed by atoms with Gasteiger partial charge in [-0.25, -0.2) is 9.79 Å². The van der Waals surface area contributed by atoms with Crippen molar-refractivity contribution in [2.75, 3.05) is 6.54 Å². The molecule has 38 valence electrons. The Balaban J connectivity index is 2.97. The highest BCUT2D eigenvalue weighted by atomic mass is 16.1. The van der Waals surface area contributed by atoms with Gasteiger partial charge in [-0.1, -0.05) is 0 Å². The zero-order valence-electron chi connectivity index (χ0n) is 3.76. The third kappa shape index (κ3) is 5.05. The van der Waals surface area contributed by atoms with Crippen molar-refractivity contribution in [3.05, 3.63) is 0 Å². The summed E-state index contributed by atoms with van der Waals surface area (Å²) in [7, 11) is 0. The third-order valence-corrected chi connectivity index (χ3v) is 0.423. The average Bonchev–Trinajstić information content (AvgIpc) is 1.69. The van der Waals surface area contributed by atoms with E-state index in [1.807, 2.05) is 0 Å². The van der Waals surface area contributed by atoms with Gasteiger partial charge in [0.15, 0.2) is 0 Å². The number of hydrogen-bond acceptors (Lipinski definition) is 3. The van der Waals surface area contributed by atoms with E-state index in [1.54, 1.807) is 0 Å². The van der Waals surface area contributed by atoms with Crippen LogP contribution >= 0.6 is 0 Å². The lowest BCUT2D eigenvalue weighted by atomic mass is 10.5. The zero-order valence-corrected chi connectivity index (χ0v) is 3.76. The quantitative estimate of drug-likeness (QED) is 0.215. The van der Waals surface area contributed by atoms with Crippen molar-refractivity contribution in [1.29, 1.82) is 0 Å². The van der Waals surface area contributed by atoms with Gasteiger partial charge in [0, 0.05) is 6.42 Å². The van der Waals surface area contributed by atoms with Gasteiger partial charge in [0.1, 0.15) is 6.29 Å². The minimum Gasteiger partial charge on any atom is -0.303 e. The first-order chi connectivity index (χ1) is 3.41. The molecule has 0 amide bonds. The van der Waals surface area contributed by atoms with Crippen molar-refractivity contribution in [3.63, 3.8) is 0 Å². The molecule has 0 bridgehead atoms. The summed E-state index contributed by atoms with van der Waals surface area (Å²) in [6.45, 7) is 0.271.